The molecule has 8 heteroatoms. The summed E-state index contributed by atoms with van der Waals surface area (Å²) in [5, 5.41) is 8.44. The fourth-order valence-corrected chi connectivity index (χ4v) is 4.53. The van der Waals surface area contributed by atoms with Crippen molar-refractivity contribution in [2.75, 3.05) is 26.4 Å². The van der Waals surface area contributed by atoms with Crippen LogP contribution in [-0.2, 0) is 27.6 Å². The van der Waals surface area contributed by atoms with Crippen LogP contribution in [-0.4, -0.2) is 52.3 Å². The summed E-state index contributed by atoms with van der Waals surface area (Å²) in [5.41, 5.74) is -0.964. The highest BCUT2D eigenvalue weighted by atomic mass is 28.4. The van der Waals surface area contributed by atoms with Gasteiger partial charge in [-0.15, -0.1) is 0 Å². The van der Waals surface area contributed by atoms with E-state index in [1.54, 1.807) is 13.8 Å². The van der Waals surface area contributed by atoms with Gasteiger partial charge in [0.15, 0.2) is 0 Å². The standard InChI is InChI=1S/C15H32O5Si.C6H12O2.4CH4/c1-7-15(5,6)14(16)17-12-11-13-21(18-8-2,19-9-3)20-10-4;1-4-6(2,3)5(7)8;;;;/h7-13H2,1-6H3;4H2,1-3H3,(H,7,8);4*1H4. The van der Waals surface area contributed by atoms with E-state index in [4.69, 9.17) is 23.1 Å². The number of carbonyl (C=O) groups excluding carboxylic acids is 1. The number of hydrogen-bond acceptors (Lipinski definition) is 6. The quantitative estimate of drug-likeness (QED) is 0.150. The second-order valence-corrected chi connectivity index (χ2v) is 10.7. The van der Waals surface area contributed by atoms with Gasteiger partial charge in [0, 0.05) is 25.9 Å². The topological polar surface area (TPSA) is 91.3 Å². The number of aliphatic carboxylic acids is 1. The first-order valence-corrected chi connectivity index (χ1v) is 12.6. The molecule has 0 aliphatic heterocycles. The highest BCUT2D eigenvalue weighted by Crippen LogP contribution is 2.23. The van der Waals surface area contributed by atoms with Crippen molar-refractivity contribution in [1.29, 1.82) is 0 Å². The molecule has 0 aliphatic carbocycles. The van der Waals surface area contributed by atoms with E-state index in [1.807, 2.05) is 48.5 Å². The van der Waals surface area contributed by atoms with E-state index in [9.17, 15) is 9.59 Å². The lowest BCUT2D eigenvalue weighted by Gasteiger charge is -2.28. The highest BCUT2D eigenvalue weighted by Gasteiger charge is 2.40. The molecule has 0 bridgehead atoms. The SMILES string of the molecule is C.C.C.C.CCC(C)(C)C(=O)O.CCO[Si](CCCOC(=O)C(C)(C)CC)(OCC)OCC. The Morgan fingerprint density at radius 2 is 1.09 bits per heavy atom. The molecule has 0 rings (SSSR count). The van der Waals surface area contributed by atoms with E-state index >= 15 is 0 Å². The van der Waals surface area contributed by atoms with Crippen molar-refractivity contribution in [3.8, 4) is 0 Å². The second kappa shape index (κ2) is 22.8. The summed E-state index contributed by atoms with van der Waals surface area (Å²) in [4.78, 5) is 22.1. The minimum absolute atomic E-state index is 0. The van der Waals surface area contributed by atoms with Crippen LogP contribution in [0.3, 0.4) is 0 Å². The highest BCUT2D eigenvalue weighted by molar-refractivity contribution is 6.60. The van der Waals surface area contributed by atoms with Crippen LogP contribution in [0.2, 0.25) is 6.04 Å². The molecule has 0 unspecified atom stereocenters. The third-order valence-electron chi connectivity index (χ3n) is 4.85. The Morgan fingerprint density at radius 3 is 1.33 bits per heavy atom. The molecular formula is C25H60O7Si. The second-order valence-electron chi connectivity index (χ2n) is 8.00. The molecule has 0 heterocycles. The van der Waals surface area contributed by atoms with Crippen LogP contribution in [0.4, 0.5) is 0 Å². The molecule has 0 radical (unpaired) electrons. The smallest absolute Gasteiger partial charge is 0.481 e. The largest absolute Gasteiger partial charge is 0.501 e. The maximum atomic E-state index is 11.9. The lowest BCUT2D eigenvalue weighted by molar-refractivity contribution is -0.154. The molecule has 7 nitrogen and oxygen atoms in total. The van der Waals surface area contributed by atoms with E-state index in [0.29, 0.717) is 45.3 Å². The van der Waals surface area contributed by atoms with Crippen LogP contribution in [0.1, 0.15) is 111 Å². The van der Waals surface area contributed by atoms with Gasteiger partial charge in [-0.25, -0.2) is 0 Å². The van der Waals surface area contributed by atoms with Gasteiger partial charge in [-0.05, 0) is 67.7 Å². The van der Waals surface area contributed by atoms with Gasteiger partial charge in [-0.1, -0.05) is 43.6 Å². The number of rotatable bonds is 14. The zero-order chi connectivity index (χ0) is 23.1. The van der Waals surface area contributed by atoms with Crippen LogP contribution < -0.4 is 0 Å². The summed E-state index contributed by atoms with van der Waals surface area (Å²) in [6.07, 6.45) is 2.14. The van der Waals surface area contributed by atoms with Gasteiger partial charge in [-0.2, -0.15) is 0 Å². The van der Waals surface area contributed by atoms with Crippen molar-refractivity contribution in [2.24, 2.45) is 10.8 Å². The minimum Gasteiger partial charge on any atom is -0.481 e. The Labute approximate surface area is 208 Å². The molecule has 0 saturated carbocycles. The maximum Gasteiger partial charge on any atom is 0.501 e. The number of esters is 1. The van der Waals surface area contributed by atoms with Gasteiger partial charge in [0.25, 0.3) is 0 Å². The lowest BCUT2D eigenvalue weighted by atomic mass is 9.91. The molecule has 0 aromatic heterocycles. The lowest BCUT2D eigenvalue weighted by Crippen LogP contribution is -2.46. The van der Waals surface area contributed by atoms with Gasteiger partial charge >= 0.3 is 20.7 Å². The fourth-order valence-electron chi connectivity index (χ4n) is 1.95. The van der Waals surface area contributed by atoms with E-state index in [2.05, 4.69) is 0 Å². The number of carboxylic acid groups (broad SMARTS) is 1. The molecule has 0 aliphatic rings. The van der Waals surface area contributed by atoms with Gasteiger partial charge < -0.3 is 23.1 Å². The number of carbonyl (C=O) groups is 2. The van der Waals surface area contributed by atoms with Crippen LogP contribution in [0.15, 0.2) is 0 Å². The molecule has 0 aromatic rings. The number of hydrogen-bond donors (Lipinski definition) is 1. The molecular weight excluding hydrogens is 440 g/mol. The molecule has 0 aromatic carbocycles. The van der Waals surface area contributed by atoms with Gasteiger partial charge in [0.1, 0.15) is 0 Å². The van der Waals surface area contributed by atoms with Crippen LogP contribution >= 0.6 is 0 Å². The Morgan fingerprint density at radius 1 is 0.727 bits per heavy atom. The van der Waals surface area contributed by atoms with Crippen molar-refractivity contribution in [3.05, 3.63) is 0 Å². The molecule has 206 valence electrons. The molecule has 0 saturated heterocycles. The average molecular weight is 501 g/mol. The normalized spacial score (nSPS) is 10.7. The summed E-state index contributed by atoms with van der Waals surface area (Å²) in [5.74, 6) is -0.874. The summed E-state index contributed by atoms with van der Waals surface area (Å²) >= 11 is 0. The number of ether oxygens (including phenoxy) is 1. The first kappa shape index (κ1) is 45.5. The van der Waals surface area contributed by atoms with Crippen molar-refractivity contribution in [2.45, 2.75) is 117 Å². The summed E-state index contributed by atoms with van der Waals surface area (Å²) < 4.78 is 22.6. The summed E-state index contributed by atoms with van der Waals surface area (Å²) in [7, 11) is -2.61. The van der Waals surface area contributed by atoms with E-state index < -0.39 is 25.6 Å². The molecule has 0 fully saturated rings. The molecule has 0 atom stereocenters. The van der Waals surface area contributed by atoms with Gasteiger partial charge in [0.05, 0.1) is 17.4 Å². The first-order valence-electron chi connectivity index (χ1n) is 10.7. The predicted octanol–water partition coefficient (Wildman–Crippen LogP) is 7.46. The molecule has 1 N–H and O–H groups in total. The maximum absolute atomic E-state index is 11.9. The van der Waals surface area contributed by atoms with Gasteiger partial charge in [0.2, 0.25) is 0 Å². The average Bonchev–Trinajstić information content (AvgIpc) is 2.66. The Hall–Kier alpha value is -0.963. The fraction of sp³-hybridized carbons (Fsp3) is 0.920. The Kier molecular flexibility index (Phi) is 31.5. The van der Waals surface area contributed by atoms with Crippen molar-refractivity contribution in [3.63, 3.8) is 0 Å². The first-order chi connectivity index (χ1) is 13.4. The zero-order valence-electron chi connectivity index (χ0n) is 20.1. The van der Waals surface area contributed by atoms with Gasteiger partial charge in [-0.3, -0.25) is 9.59 Å². The zero-order valence-corrected chi connectivity index (χ0v) is 21.1. The van der Waals surface area contributed by atoms with E-state index in [-0.39, 0.29) is 35.7 Å². The van der Waals surface area contributed by atoms with E-state index in [1.165, 1.54) is 0 Å². The predicted molar refractivity (Wildman–Crippen MR) is 144 cm³/mol. The van der Waals surface area contributed by atoms with Crippen LogP contribution in [0.5, 0.6) is 0 Å². The Balaban J connectivity index is -0.000000131. The monoisotopic (exact) mass is 500 g/mol. The van der Waals surface area contributed by atoms with E-state index in [0.717, 1.165) is 6.42 Å². The summed E-state index contributed by atoms with van der Waals surface area (Å²) in [6, 6.07) is 0.669. The molecule has 0 spiro atoms. The Bertz CT molecular complexity index is 449. The third-order valence-corrected chi connectivity index (χ3v) is 8.00. The minimum atomic E-state index is -2.61. The molecule has 33 heavy (non-hydrogen) atoms. The van der Waals surface area contributed by atoms with Crippen LogP contribution in [0.25, 0.3) is 0 Å². The number of carboxylic acids is 1. The third kappa shape index (κ3) is 19.1. The summed E-state index contributed by atoms with van der Waals surface area (Å²) in [6.45, 7) is 19.0. The van der Waals surface area contributed by atoms with Crippen molar-refractivity contribution in [1.82, 2.24) is 0 Å². The van der Waals surface area contributed by atoms with Crippen LogP contribution in [0, 0.1) is 10.8 Å². The van der Waals surface area contributed by atoms with Crippen molar-refractivity contribution < 1.29 is 32.7 Å². The molecule has 0 amide bonds. The van der Waals surface area contributed by atoms with Crippen molar-refractivity contribution >= 4 is 20.7 Å².